The van der Waals surface area contributed by atoms with E-state index in [-0.39, 0.29) is 30.5 Å². The van der Waals surface area contributed by atoms with E-state index in [2.05, 4.69) is 5.32 Å². The second-order valence-electron chi connectivity index (χ2n) is 3.39. The molecule has 0 aromatic heterocycles. The molecule has 0 bridgehead atoms. The molecule has 6 nitrogen and oxygen atoms in total. The normalized spacial score (nSPS) is 9.84. The van der Waals surface area contributed by atoms with Crippen molar-refractivity contribution in [2.75, 3.05) is 19.8 Å². The molecule has 8 heteroatoms. The van der Waals surface area contributed by atoms with E-state index in [9.17, 15) is 9.59 Å². The Morgan fingerprint density at radius 2 is 2.05 bits per heavy atom. The quantitative estimate of drug-likeness (QED) is 0.762. The summed E-state index contributed by atoms with van der Waals surface area (Å²) in [4.78, 5) is 22.4. The average Bonchev–Trinajstić information content (AvgIpc) is 2.35. The number of imide groups is 1. The van der Waals surface area contributed by atoms with Gasteiger partial charge in [-0.3, -0.25) is 10.1 Å². The Hall–Kier alpha value is -1.50. The molecule has 0 aliphatic carbocycles. The minimum Gasteiger partial charge on any atom is -0.482 e. The third-order valence-electron chi connectivity index (χ3n) is 1.90. The van der Waals surface area contributed by atoms with Gasteiger partial charge in [-0.15, -0.1) is 0 Å². The second kappa shape index (κ2) is 7.83. The van der Waals surface area contributed by atoms with Crippen LogP contribution in [0.4, 0.5) is 4.79 Å². The van der Waals surface area contributed by atoms with E-state index in [1.807, 2.05) is 5.32 Å². The summed E-state index contributed by atoms with van der Waals surface area (Å²) in [5.41, 5.74) is 0. The summed E-state index contributed by atoms with van der Waals surface area (Å²) in [7, 11) is 0. The predicted octanol–water partition coefficient (Wildman–Crippen LogP) is 1.19. The summed E-state index contributed by atoms with van der Waals surface area (Å²) in [5, 5.41) is 13.5. The molecule has 104 valence electrons. The molecule has 1 aromatic carbocycles. The fourth-order valence-corrected chi connectivity index (χ4v) is 1.57. The van der Waals surface area contributed by atoms with Crippen LogP contribution < -0.4 is 15.4 Å². The van der Waals surface area contributed by atoms with Crippen LogP contribution >= 0.6 is 23.2 Å². The molecule has 0 saturated heterocycles. The molecule has 0 atom stereocenters. The molecule has 3 N–H and O–H groups in total. The smallest absolute Gasteiger partial charge is 0.321 e. The lowest BCUT2D eigenvalue weighted by molar-refractivity contribution is -0.122. The van der Waals surface area contributed by atoms with Crippen LogP contribution in [0, 0.1) is 0 Å². The van der Waals surface area contributed by atoms with Crippen LogP contribution in [0.25, 0.3) is 0 Å². The van der Waals surface area contributed by atoms with Crippen molar-refractivity contribution in [3.05, 3.63) is 28.2 Å². The Morgan fingerprint density at radius 3 is 2.68 bits per heavy atom. The summed E-state index contributed by atoms with van der Waals surface area (Å²) in [6, 6.07) is 3.85. The van der Waals surface area contributed by atoms with Gasteiger partial charge in [-0.2, -0.15) is 0 Å². The van der Waals surface area contributed by atoms with Crippen molar-refractivity contribution >= 4 is 35.1 Å². The number of hydrogen-bond donors (Lipinski definition) is 3. The Labute approximate surface area is 119 Å². The molecule has 1 aromatic rings. The molecule has 0 radical (unpaired) electrons. The zero-order chi connectivity index (χ0) is 14.3. The van der Waals surface area contributed by atoms with E-state index < -0.39 is 11.9 Å². The van der Waals surface area contributed by atoms with Gasteiger partial charge in [0.2, 0.25) is 0 Å². The van der Waals surface area contributed by atoms with Gasteiger partial charge in [-0.25, -0.2) is 4.79 Å². The van der Waals surface area contributed by atoms with Gasteiger partial charge >= 0.3 is 6.03 Å². The number of carbonyl (C=O) groups is 2. The number of nitrogens with one attached hydrogen (secondary N) is 2. The summed E-state index contributed by atoms with van der Waals surface area (Å²) in [6.07, 6.45) is 0. The highest BCUT2D eigenvalue weighted by atomic mass is 35.5. The van der Waals surface area contributed by atoms with Crippen LogP contribution in [0.2, 0.25) is 10.0 Å². The molecule has 0 aliphatic heterocycles. The third kappa shape index (κ3) is 5.78. The molecular weight excluding hydrogens is 295 g/mol. The number of amides is 3. The minimum absolute atomic E-state index is 0.0585. The molecule has 0 heterocycles. The number of aliphatic hydroxyl groups is 1. The van der Waals surface area contributed by atoms with Crippen molar-refractivity contribution in [3.63, 3.8) is 0 Å². The summed E-state index contributed by atoms with van der Waals surface area (Å²) < 4.78 is 5.13. The standard InChI is InChI=1S/C11H12Cl2N2O4/c12-7-1-2-9(8(13)5-7)19-6-10(17)15-11(18)14-3-4-16/h1-2,5,16H,3-4,6H2,(H2,14,15,17,18). The maximum absolute atomic E-state index is 11.3. The predicted molar refractivity (Wildman–Crippen MR) is 70.6 cm³/mol. The first-order valence-corrected chi connectivity index (χ1v) is 6.05. The first-order chi connectivity index (χ1) is 9.02. The van der Waals surface area contributed by atoms with Crippen molar-refractivity contribution in [2.45, 2.75) is 0 Å². The van der Waals surface area contributed by atoms with Gasteiger partial charge in [0.25, 0.3) is 5.91 Å². The van der Waals surface area contributed by atoms with Gasteiger partial charge in [0.05, 0.1) is 11.6 Å². The lowest BCUT2D eigenvalue weighted by Gasteiger charge is -2.08. The van der Waals surface area contributed by atoms with Crippen LogP contribution in [0.1, 0.15) is 0 Å². The second-order valence-corrected chi connectivity index (χ2v) is 4.23. The number of benzene rings is 1. The van der Waals surface area contributed by atoms with Crippen molar-refractivity contribution in [3.8, 4) is 5.75 Å². The van der Waals surface area contributed by atoms with E-state index in [1.54, 1.807) is 6.07 Å². The maximum atomic E-state index is 11.3. The number of rotatable bonds is 5. The monoisotopic (exact) mass is 306 g/mol. The molecule has 19 heavy (non-hydrogen) atoms. The lowest BCUT2D eigenvalue weighted by atomic mass is 10.3. The fourth-order valence-electron chi connectivity index (χ4n) is 1.11. The minimum atomic E-state index is -0.704. The molecule has 3 amide bonds. The van der Waals surface area contributed by atoms with E-state index in [0.29, 0.717) is 5.02 Å². The fraction of sp³-hybridized carbons (Fsp3) is 0.273. The van der Waals surface area contributed by atoms with Gasteiger partial charge in [0, 0.05) is 11.6 Å². The van der Waals surface area contributed by atoms with E-state index in [1.165, 1.54) is 12.1 Å². The average molecular weight is 307 g/mol. The van der Waals surface area contributed by atoms with Gasteiger partial charge in [0.15, 0.2) is 6.61 Å². The summed E-state index contributed by atoms with van der Waals surface area (Å²) in [5.74, 6) is -0.349. The highest BCUT2D eigenvalue weighted by Crippen LogP contribution is 2.27. The van der Waals surface area contributed by atoms with Gasteiger partial charge in [0.1, 0.15) is 5.75 Å². The van der Waals surface area contributed by atoms with Gasteiger partial charge in [-0.05, 0) is 18.2 Å². The third-order valence-corrected chi connectivity index (χ3v) is 2.43. The molecule has 0 fully saturated rings. The number of halogens is 2. The maximum Gasteiger partial charge on any atom is 0.321 e. The highest BCUT2D eigenvalue weighted by molar-refractivity contribution is 6.35. The number of aliphatic hydroxyl groups excluding tert-OH is 1. The topological polar surface area (TPSA) is 87.7 Å². The van der Waals surface area contributed by atoms with Crippen molar-refractivity contribution in [1.29, 1.82) is 0 Å². The first kappa shape index (κ1) is 15.6. The van der Waals surface area contributed by atoms with E-state index in [0.717, 1.165) is 0 Å². The van der Waals surface area contributed by atoms with Crippen molar-refractivity contribution in [2.24, 2.45) is 0 Å². The van der Waals surface area contributed by atoms with Crippen molar-refractivity contribution < 1.29 is 19.4 Å². The Kier molecular flexibility index (Phi) is 6.41. The lowest BCUT2D eigenvalue weighted by Crippen LogP contribution is -2.42. The number of hydrogen-bond acceptors (Lipinski definition) is 4. The zero-order valence-corrected chi connectivity index (χ0v) is 11.3. The SMILES string of the molecule is O=C(COc1ccc(Cl)cc1Cl)NC(=O)NCCO. The molecule has 0 aliphatic rings. The van der Waals surface area contributed by atoms with Crippen LogP contribution in [0.5, 0.6) is 5.75 Å². The molecule has 0 unspecified atom stereocenters. The Morgan fingerprint density at radius 1 is 1.32 bits per heavy atom. The number of urea groups is 1. The molecule has 1 rings (SSSR count). The van der Waals surface area contributed by atoms with E-state index in [4.69, 9.17) is 33.0 Å². The van der Waals surface area contributed by atoms with Gasteiger partial charge < -0.3 is 15.2 Å². The molecule has 0 saturated carbocycles. The molecular formula is C11H12Cl2N2O4. The largest absolute Gasteiger partial charge is 0.482 e. The summed E-state index contributed by atoms with van der Waals surface area (Å²) in [6.45, 7) is -0.518. The Balaban J connectivity index is 2.39. The Bertz CT molecular complexity index is 468. The van der Waals surface area contributed by atoms with Crippen LogP contribution in [0.15, 0.2) is 18.2 Å². The van der Waals surface area contributed by atoms with Crippen LogP contribution in [0.3, 0.4) is 0 Å². The van der Waals surface area contributed by atoms with E-state index >= 15 is 0 Å². The molecule has 0 spiro atoms. The number of carbonyl (C=O) groups excluding carboxylic acids is 2. The van der Waals surface area contributed by atoms with Crippen LogP contribution in [-0.4, -0.2) is 36.8 Å². The van der Waals surface area contributed by atoms with Gasteiger partial charge in [-0.1, -0.05) is 23.2 Å². The highest BCUT2D eigenvalue weighted by Gasteiger charge is 2.09. The van der Waals surface area contributed by atoms with Crippen LogP contribution in [-0.2, 0) is 4.79 Å². The van der Waals surface area contributed by atoms with Crippen molar-refractivity contribution in [1.82, 2.24) is 10.6 Å². The first-order valence-electron chi connectivity index (χ1n) is 5.29. The zero-order valence-electron chi connectivity index (χ0n) is 9.78. The number of ether oxygens (including phenoxy) is 1. The summed E-state index contributed by atoms with van der Waals surface area (Å²) >= 11 is 11.5.